The Hall–Kier alpha value is -2.84. The molecule has 146 valence electrons. The van der Waals surface area contributed by atoms with E-state index in [0.717, 1.165) is 32.5 Å². The number of fused-ring (bicyclic) bond motifs is 1. The summed E-state index contributed by atoms with van der Waals surface area (Å²) in [6, 6.07) is 14.2. The number of halogens is 1. The van der Waals surface area contributed by atoms with Gasteiger partial charge in [0.1, 0.15) is 10.7 Å². The quantitative estimate of drug-likeness (QED) is 0.309. The number of hydrogen-bond donors (Lipinski definition) is 1. The number of nitrogens with one attached hydrogen (secondary N) is 1. The number of rotatable bonds is 5. The van der Waals surface area contributed by atoms with Crippen LogP contribution in [0.1, 0.15) is 23.2 Å². The first-order valence-electron chi connectivity index (χ1n) is 9.00. The second-order valence-corrected chi connectivity index (χ2v) is 8.55. The standard InChI is InChI=1S/C21H16BrN3O3S/c1-2-16-18(13-5-7-14(22)8-6-13)19-20(26)23-17(24-21(19)29-16)11-12-3-9-15(10-4-12)25(27)28/h3-10H,2,11H2,1H3,(H,23,24,26). The highest BCUT2D eigenvalue weighted by Crippen LogP contribution is 2.37. The second kappa shape index (κ2) is 7.88. The molecule has 4 aromatic rings. The fraction of sp³-hybridized carbons (Fsp3) is 0.143. The number of nitrogens with zero attached hydrogens (tertiary/aromatic N) is 2. The summed E-state index contributed by atoms with van der Waals surface area (Å²) < 4.78 is 0.983. The lowest BCUT2D eigenvalue weighted by Crippen LogP contribution is -2.11. The maximum absolute atomic E-state index is 12.9. The van der Waals surface area contributed by atoms with Gasteiger partial charge in [0.25, 0.3) is 11.2 Å². The lowest BCUT2D eigenvalue weighted by Gasteiger charge is -2.04. The zero-order chi connectivity index (χ0) is 20.5. The molecule has 2 aromatic heterocycles. The summed E-state index contributed by atoms with van der Waals surface area (Å²) in [6.07, 6.45) is 1.21. The molecular formula is C21H16BrN3O3S. The summed E-state index contributed by atoms with van der Waals surface area (Å²) in [7, 11) is 0. The Morgan fingerprint density at radius 1 is 1.14 bits per heavy atom. The predicted octanol–water partition coefficient (Wildman–Crippen LogP) is 5.48. The number of benzene rings is 2. The molecule has 6 nitrogen and oxygen atoms in total. The van der Waals surface area contributed by atoms with Crippen molar-refractivity contribution in [2.45, 2.75) is 19.8 Å². The molecule has 0 saturated heterocycles. The number of non-ortho nitro benzene ring substituents is 1. The molecule has 29 heavy (non-hydrogen) atoms. The van der Waals surface area contributed by atoms with Crippen molar-refractivity contribution < 1.29 is 4.92 Å². The molecule has 0 aliphatic rings. The molecule has 1 N–H and O–H groups in total. The fourth-order valence-electron chi connectivity index (χ4n) is 3.28. The molecule has 2 heterocycles. The molecule has 8 heteroatoms. The van der Waals surface area contributed by atoms with Crippen molar-refractivity contribution in [3.8, 4) is 11.1 Å². The molecule has 0 saturated carbocycles. The van der Waals surface area contributed by atoms with E-state index in [1.165, 1.54) is 23.5 Å². The normalized spacial score (nSPS) is 11.1. The van der Waals surface area contributed by atoms with E-state index in [9.17, 15) is 14.9 Å². The summed E-state index contributed by atoms with van der Waals surface area (Å²) in [5.41, 5.74) is 2.65. The number of hydrogen-bond acceptors (Lipinski definition) is 5. The fourth-order valence-corrected chi connectivity index (χ4v) is 4.70. The third kappa shape index (κ3) is 3.86. The van der Waals surface area contributed by atoms with E-state index >= 15 is 0 Å². The first-order chi connectivity index (χ1) is 14.0. The molecule has 0 spiro atoms. The van der Waals surface area contributed by atoms with Crippen LogP contribution in [0.5, 0.6) is 0 Å². The van der Waals surface area contributed by atoms with Gasteiger partial charge in [-0.25, -0.2) is 4.98 Å². The van der Waals surface area contributed by atoms with E-state index in [1.807, 2.05) is 24.3 Å². The average Bonchev–Trinajstić information content (AvgIpc) is 3.08. The highest BCUT2D eigenvalue weighted by Gasteiger charge is 2.18. The van der Waals surface area contributed by atoms with E-state index in [2.05, 4.69) is 32.8 Å². The maximum atomic E-state index is 12.9. The van der Waals surface area contributed by atoms with Crippen molar-refractivity contribution in [3.63, 3.8) is 0 Å². The van der Waals surface area contributed by atoms with Gasteiger partial charge in [0.15, 0.2) is 0 Å². The lowest BCUT2D eigenvalue weighted by atomic mass is 10.0. The number of thiophene rings is 1. The summed E-state index contributed by atoms with van der Waals surface area (Å²) in [6.45, 7) is 2.07. The Morgan fingerprint density at radius 2 is 1.83 bits per heavy atom. The zero-order valence-electron chi connectivity index (χ0n) is 15.4. The Bertz CT molecular complexity index is 1260. The van der Waals surface area contributed by atoms with E-state index in [0.29, 0.717) is 22.5 Å². The first-order valence-corrected chi connectivity index (χ1v) is 10.6. The molecule has 0 aliphatic heterocycles. The van der Waals surface area contributed by atoms with E-state index in [4.69, 9.17) is 0 Å². The lowest BCUT2D eigenvalue weighted by molar-refractivity contribution is -0.384. The maximum Gasteiger partial charge on any atom is 0.269 e. The van der Waals surface area contributed by atoms with Crippen LogP contribution in [0.25, 0.3) is 21.3 Å². The van der Waals surface area contributed by atoms with Crippen molar-refractivity contribution in [2.75, 3.05) is 0 Å². The predicted molar refractivity (Wildman–Crippen MR) is 119 cm³/mol. The van der Waals surface area contributed by atoms with Crippen LogP contribution < -0.4 is 5.56 Å². The third-order valence-corrected chi connectivity index (χ3v) is 6.41. The van der Waals surface area contributed by atoms with Gasteiger partial charge in [0.05, 0.1) is 10.3 Å². The van der Waals surface area contributed by atoms with Gasteiger partial charge in [0.2, 0.25) is 0 Å². The van der Waals surface area contributed by atoms with E-state index < -0.39 is 4.92 Å². The second-order valence-electron chi connectivity index (χ2n) is 6.55. The SMILES string of the molecule is CCc1sc2nc(Cc3ccc([N+](=O)[O-])cc3)[nH]c(=O)c2c1-c1ccc(Br)cc1. The van der Waals surface area contributed by atoms with Crippen molar-refractivity contribution >= 4 is 43.2 Å². The average molecular weight is 470 g/mol. The van der Waals surface area contributed by atoms with Gasteiger partial charge < -0.3 is 4.98 Å². The van der Waals surface area contributed by atoms with Crippen LogP contribution in [-0.4, -0.2) is 14.9 Å². The highest BCUT2D eigenvalue weighted by molar-refractivity contribution is 9.10. The van der Waals surface area contributed by atoms with Crippen LogP contribution in [0.2, 0.25) is 0 Å². The van der Waals surface area contributed by atoms with Crippen molar-refractivity contribution in [3.05, 3.63) is 89.7 Å². The number of nitro groups is 1. The largest absolute Gasteiger partial charge is 0.310 e. The Kier molecular flexibility index (Phi) is 5.29. The summed E-state index contributed by atoms with van der Waals surface area (Å²) in [5.74, 6) is 0.544. The van der Waals surface area contributed by atoms with Crippen molar-refractivity contribution in [2.24, 2.45) is 0 Å². The van der Waals surface area contributed by atoms with Crippen LogP contribution in [-0.2, 0) is 12.8 Å². The Labute approximate surface area is 178 Å². The van der Waals surface area contributed by atoms with Gasteiger partial charge in [-0.15, -0.1) is 11.3 Å². The van der Waals surface area contributed by atoms with Gasteiger partial charge in [0, 0.05) is 33.5 Å². The molecular weight excluding hydrogens is 454 g/mol. The van der Waals surface area contributed by atoms with Gasteiger partial charge in [-0.2, -0.15) is 0 Å². The molecule has 0 aliphatic carbocycles. The minimum atomic E-state index is -0.433. The third-order valence-electron chi connectivity index (χ3n) is 4.66. The van der Waals surface area contributed by atoms with Crippen LogP contribution in [0.3, 0.4) is 0 Å². The topological polar surface area (TPSA) is 88.9 Å². The molecule has 0 fully saturated rings. The van der Waals surface area contributed by atoms with E-state index in [-0.39, 0.29) is 11.2 Å². The molecule has 2 aromatic carbocycles. The highest BCUT2D eigenvalue weighted by atomic mass is 79.9. The molecule has 0 bridgehead atoms. The number of aryl methyl sites for hydroxylation is 1. The smallest absolute Gasteiger partial charge is 0.269 e. The minimum Gasteiger partial charge on any atom is -0.310 e. The number of nitro benzene ring substituents is 1. The Balaban J connectivity index is 1.77. The number of H-pyrrole nitrogens is 1. The minimum absolute atomic E-state index is 0.0376. The van der Waals surface area contributed by atoms with Gasteiger partial charge in [-0.1, -0.05) is 47.1 Å². The zero-order valence-corrected chi connectivity index (χ0v) is 17.8. The van der Waals surface area contributed by atoms with Crippen molar-refractivity contribution in [1.82, 2.24) is 9.97 Å². The summed E-state index contributed by atoms with van der Waals surface area (Å²) in [5, 5.41) is 11.4. The summed E-state index contributed by atoms with van der Waals surface area (Å²) in [4.78, 5) is 32.7. The van der Waals surface area contributed by atoms with Crippen LogP contribution in [0.15, 0.2) is 57.8 Å². The molecule has 0 radical (unpaired) electrons. The van der Waals surface area contributed by atoms with Crippen LogP contribution in [0, 0.1) is 10.1 Å². The molecule has 0 atom stereocenters. The Morgan fingerprint density at radius 3 is 2.45 bits per heavy atom. The molecule has 4 rings (SSSR count). The monoisotopic (exact) mass is 469 g/mol. The van der Waals surface area contributed by atoms with Crippen LogP contribution >= 0.6 is 27.3 Å². The summed E-state index contributed by atoms with van der Waals surface area (Å²) >= 11 is 4.98. The molecule has 0 amide bonds. The van der Waals surface area contributed by atoms with Crippen LogP contribution in [0.4, 0.5) is 5.69 Å². The van der Waals surface area contributed by atoms with Gasteiger partial charge in [-0.05, 0) is 29.7 Å². The van der Waals surface area contributed by atoms with Crippen molar-refractivity contribution in [1.29, 1.82) is 0 Å². The first kappa shape index (κ1) is 19.5. The number of aromatic nitrogens is 2. The number of aromatic amines is 1. The van der Waals surface area contributed by atoms with E-state index in [1.54, 1.807) is 12.1 Å². The van der Waals surface area contributed by atoms with Gasteiger partial charge in [-0.3, -0.25) is 14.9 Å². The van der Waals surface area contributed by atoms with Gasteiger partial charge >= 0.3 is 0 Å². The molecule has 0 unspecified atom stereocenters.